The Labute approximate surface area is 215 Å². The van der Waals surface area contributed by atoms with E-state index in [1.54, 1.807) is 22.3 Å². The topological polar surface area (TPSA) is 68.0 Å². The van der Waals surface area contributed by atoms with Crippen LogP contribution in [0.5, 0.6) is 5.75 Å². The van der Waals surface area contributed by atoms with Crippen LogP contribution in [-0.2, 0) is 4.74 Å². The summed E-state index contributed by atoms with van der Waals surface area (Å²) in [5.41, 5.74) is 2.68. The van der Waals surface area contributed by atoms with Crippen LogP contribution in [0.15, 0.2) is 46.9 Å². The minimum atomic E-state index is -0.184. The number of amides is 1. The number of furan rings is 1. The lowest BCUT2D eigenvalue weighted by molar-refractivity contribution is 0.0376. The Morgan fingerprint density at radius 2 is 2.03 bits per heavy atom. The molecule has 0 bridgehead atoms. The highest BCUT2D eigenvalue weighted by molar-refractivity contribution is 7.22. The fourth-order valence-corrected chi connectivity index (χ4v) is 5.33. The number of carbonyl (C=O) groups excluding carboxylic acids is 1. The lowest BCUT2D eigenvalue weighted by Crippen LogP contribution is -2.39. The van der Waals surface area contributed by atoms with Gasteiger partial charge in [0.2, 0.25) is 0 Å². The highest BCUT2D eigenvalue weighted by atomic mass is 35.5. The van der Waals surface area contributed by atoms with Crippen LogP contribution >= 0.6 is 23.7 Å². The van der Waals surface area contributed by atoms with Crippen molar-refractivity contribution in [3.8, 4) is 5.75 Å². The first-order chi connectivity index (χ1) is 16.6. The number of para-hydroxylation sites is 1. The first kappa shape index (κ1) is 25.4. The summed E-state index contributed by atoms with van der Waals surface area (Å²) in [7, 11) is 0. The largest absolute Gasteiger partial charge is 0.490 e. The summed E-state index contributed by atoms with van der Waals surface area (Å²) in [6, 6.07) is 13.7. The van der Waals surface area contributed by atoms with Crippen LogP contribution in [0.1, 0.15) is 29.5 Å². The predicted octanol–water partition coefficient (Wildman–Crippen LogP) is 5.54. The molecule has 2 aromatic carbocycles. The van der Waals surface area contributed by atoms with E-state index in [2.05, 4.69) is 17.9 Å². The van der Waals surface area contributed by atoms with Gasteiger partial charge < -0.3 is 13.9 Å². The number of anilines is 1. The second-order valence-electron chi connectivity index (χ2n) is 8.45. The van der Waals surface area contributed by atoms with Crippen molar-refractivity contribution in [2.75, 3.05) is 50.9 Å². The van der Waals surface area contributed by atoms with Gasteiger partial charge in [0.05, 0.1) is 30.0 Å². The fraction of sp³-hybridized carbons (Fsp3) is 0.385. The maximum Gasteiger partial charge on any atom is 0.295 e. The fourth-order valence-electron chi connectivity index (χ4n) is 4.24. The summed E-state index contributed by atoms with van der Waals surface area (Å²) >= 11 is 1.54. The molecule has 0 N–H and O–H groups in total. The molecule has 4 aromatic rings. The third-order valence-corrected chi connectivity index (χ3v) is 7.03. The van der Waals surface area contributed by atoms with E-state index >= 15 is 0 Å². The summed E-state index contributed by atoms with van der Waals surface area (Å²) in [6.45, 7) is 9.38. The summed E-state index contributed by atoms with van der Waals surface area (Å²) in [5, 5.41) is 1.54. The number of nitrogens with zero attached hydrogens (tertiary/aromatic N) is 3. The molecule has 5 rings (SSSR count). The minimum absolute atomic E-state index is 0. The van der Waals surface area contributed by atoms with Gasteiger partial charge in [-0.05, 0) is 50.1 Å². The summed E-state index contributed by atoms with van der Waals surface area (Å²) in [4.78, 5) is 22.7. The third-order valence-electron chi connectivity index (χ3n) is 5.99. The zero-order valence-electron chi connectivity index (χ0n) is 20.0. The van der Waals surface area contributed by atoms with Crippen molar-refractivity contribution < 1.29 is 18.7 Å². The highest BCUT2D eigenvalue weighted by Crippen LogP contribution is 2.33. The Balaban J connectivity index is 0.00000289. The maximum absolute atomic E-state index is 13.7. The molecule has 2 aromatic heterocycles. The normalized spacial score (nSPS) is 14.2. The number of fused-ring (bicyclic) bond motifs is 2. The van der Waals surface area contributed by atoms with Crippen molar-refractivity contribution >= 4 is 56.0 Å². The lowest BCUT2D eigenvalue weighted by atomic mass is 10.2. The van der Waals surface area contributed by atoms with E-state index in [4.69, 9.17) is 18.9 Å². The van der Waals surface area contributed by atoms with E-state index in [1.165, 1.54) is 5.56 Å². The number of thiazole rings is 1. The number of aryl methyl sites for hydroxylation is 1. The summed E-state index contributed by atoms with van der Waals surface area (Å²) in [5.74, 6) is 0.758. The Morgan fingerprint density at radius 3 is 2.83 bits per heavy atom. The second-order valence-corrected chi connectivity index (χ2v) is 9.46. The molecule has 1 saturated heterocycles. The molecular weight excluding hydrogens is 486 g/mol. The first-order valence-corrected chi connectivity index (χ1v) is 12.6. The molecule has 1 fully saturated rings. The monoisotopic (exact) mass is 515 g/mol. The smallest absolute Gasteiger partial charge is 0.295 e. The van der Waals surface area contributed by atoms with Crippen LogP contribution in [0.3, 0.4) is 0 Å². The number of ether oxygens (including phenoxy) is 2. The summed E-state index contributed by atoms with van der Waals surface area (Å²) < 4.78 is 18.3. The van der Waals surface area contributed by atoms with Gasteiger partial charge in [0.25, 0.3) is 5.91 Å². The van der Waals surface area contributed by atoms with Crippen LogP contribution in [0.25, 0.3) is 21.2 Å². The quantitative estimate of drug-likeness (QED) is 0.307. The number of hydrogen-bond acceptors (Lipinski definition) is 7. The van der Waals surface area contributed by atoms with E-state index in [0.717, 1.165) is 54.9 Å². The SMILES string of the molecule is CCOc1cccc2cc(C(=O)N(CCCN3CCOCC3)c3nc4ccc(C)cc4s3)oc12.Cl. The highest BCUT2D eigenvalue weighted by Gasteiger charge is 2.25. The zero-order valence-corrected chi connectivity index (χ0v) is 21.6. The van der Waals surface area contributed by atoms with Crippen molar-refractivity contribution in [1.82, 2.24) is 9.88 Å². The number of rotatable bonds is 8. The molecule has 1 aliphatic rings. The molecule has 0 aliphatic carbocycles. The summed E-state index contributed by atoms with van der Waals surface area (Å²) in [6.07, 6.45) is 0.838. The molecule has 7 nitrogen and oxygen atoms in total. The van der Waals surface area contributed by atoms with Gasteiger partial charge in [-0.1, -0.05) is 29.5 Å². The molecule has 0 radical (unpaired) electrons. The molecule has 0 atom stereocenters. The minimum Gasteiger partial charge on any atom is -0.490 e. The van der Waals surface area contributed by atoms with E-state index in [1.807, 2.05) is 37.3 Å². The predicted molar refractivity (Wildman–Crippen MR) is 143 cm³/mol. The standard InChI is InChI=1S/C26H29N3O4S.ClH/c1-3-32-21-7-4-6-19-17-22(33-24(19)21)25(30)29(11-5-10-28-12-14-31-15-13-28)26-27-20-9-8-18(2)16-23(20)34-26;/h4,6-9,16-17H,3,5,10-15H2,1-2H3;1H. The van der Waals surface area contributed by atoms with Crippen molar-refractivity contribution in [2.45, 2.75) is 20.3 Å². The molecule has 3 heterocycles. The molecule has 1 aliphatic heterocycles. The van der Waals surface area contributed by atoms with Gasteiger partial charge in [-0.2, -0.15) is 0 Å². The number of hydrogen-bond donors (Lipinski definition) is 0. The Morgan fingerprint density at radius 1 is 1.20 bits per heavy atom. The van der Waals surface area contributed by atoms with E-state index < -0.39 is 0 Å². The lowest BCUT2D eigenvalue weighted by Gasteiger charge is -2.27. The van der Waals surface area contributed by atoms with Gasteiger partial charge in [0.1, 0.15) is 0 Å². The van der Waals surface area contributed by atoms with E-state index in [0.29, 0.717) is 35.4 Å². The number of carbonyl (C=O) groups is 1. The van der Waals surface area contributed by atoms with Gasteiger partial charge in [-0.3, -0.25) is 14.6 Å². The van der Waals surface area contributed by atoms with Crippen LogP contribution in [0.4, 0.5) is 5.13 Å². The molecular formula is C26H30ClN3O4S. The number of benzene rings is 2. The number of morpholine rings is 1. The molecule has 1 amide bonds. The van der Waals surface area contributed by atoms with Crippen LogP contribution < -0.4 is 9.64 Å². The van der Waals surface area contributed by atoms with E-state index in [9.17, 15) is 4.79 Å². The van der Waals surface area contributed by atoms with Gasteiger partial charge >= 0.3 is 0 Å². The third kappa shape index (κ3) is 5.62. The number of aromatic nitrogens is 1. The molecule has 0 unspecified atom stereocenters. The maximum atomic E-state index is 13.7. The van der Waals surface area contributed by atoms with Crippen molar-refractivity contribution in [1.29, 1.82) is 0 Å². The van der Waals surface area contributed by atoms with Crippen molar-refractivity contribution in [3.05, 3.63) is 53.8 Å². The molecule has 0 spiro atoms. The van der Waals surface area contributed by atoms with Gasteiger partial charge in [-0.25, -0.2) is 4.98 Å². The average Bonchev–Trinajstić information content (AvgIpc) is 3.47. The van der Waals surface area contributed by atoms with Gasteiger partial charge in [0, 0.05) is 31.6 Å². The zero-order chi connectivity index (χ0) is 23.5. The van der Waals surface area contributed by atoms with Crippen LogP contribution in [0.2, 0.25) is 0 Å². The molecule has 35 heavy (non-hydrogen) atoms. The molecule has 9 heteroatoms. The number of halogens is 1. The van der Waals surface area contributed by atoms with Gasteiger partial charge in [-0.15, -0.1) is 12.4 Å². The van der Waals surface area contributed by atoms with Crippen molar-refractivity contribution in [3.63, 3.8) is 0 Å². The Bertz CT molecular complexity index is 1300. The van der Waals surface area contributed by atoms with Crippen molar-refractivity contribution in [2.24, 2.45) is 0 Å². The Kier molecular flexibility index (Phi) is 8.28. The second kappa shape index (κ2) is 11.4. The molecule has 0 saturated carbocycles. The van der Waals surface area contributed by atoms with Gasteiger partial charge in [0.15, 0.2) is 22.2 Å². The molecule has 186 valence electrons. The van der Waals surface area contributed by atoms with E-state index in [-0.39, 0.29) is 18.3 Å². The first-order valence-electron chi connectivity index (χ1n) is 11.8. The van der Waals surface area contributed by atoms with Crippen LogP contribution in [-0.4, -0.2) is 61.8 Å². The average molecular weight is 516 g/mol. The van der Waals surface area contributed by atoms with Crippen LogP contribution in [0, 0.1) is 6.92 Å². The Hall–Kier alpha value is -2.65.